The maximum atomic E-state index is 13.6. The van der Waals surface area contributed by atoms with E-state index in [1.165, 1.54) is 6.07 Å². The fraction of sp³-hybridized carbons (Fsp3) is 0. The Balaban J connectivity index is 1.70. The molecule has 0 fully saturated rings. The highest BCUT2D eigenvalue weighted by Crippen LogP contribution is 2.19. The molecule has 0 atom stereocenters. The van der Waals surface area contributed by atoms with E-state index in [0.29, 0.717) is 22.1 Å². The van der Waals surface area contributed by atoms with Gasteiger partial charge in [-0.15, -0.1) is 10.2 Å². The number of benzene rings is 2. The van der Waals surface area contributed by atoms with Gasteiger partial charge in [0, 0.05) is 0 Å². The third-order valence-corrected chi connectivity index (χ3v) is 3.49. The number of hydrogen-bond donors (Lipinski definition) is 2. The van der Waals surface area contributed by atoms with E-state index in [4.69, 9.17) is 11.6 Å². The molecule has 0 aliphatic carbocycles. The molecule has 0 unspecified atom stereocenters. The molecule has 0 radical (unpaired) electrons. The van der Waals surface area contributed by atoms with Crippen molar-refractivity contribution in [1.82, 2.24) is 10.2 Å². The van der Waals surface area contributed by atoms with Crippen molar-refractivity contribution in [2.24, 2.45) is 0 Å². The first kappa shape index (κ1) is 15.9. The standard InChI is InChI=1S/C17H12ClFN4O/c18-12-6-2-1-5-11(12)17(24)21-16-10-9-15(22-23-16)20-14-8-4-3-7-13(14)19/h1-10H,(H,20,22)(H,21,23,24). The summed E-state index contributed by atoms with van der Waals surface area (Å²) in [6, 6.07) is 16.1. The smallest absolute Gasteiger partial charge is 0.258 e. The topological polar surface area (TPSA) is 66.9 Å². The second-order valence-electron chi connectivity index (χ2n) is 4.84. The van der Waals surface area contributed by atoms with Gasteiger partial charge in [-0.1, -0.05) is 35.9 Å². The van der Waals surface area contributed by atoms with Gasteiger partial charge in [0.15, 0.2) is 11.6 Å². The Kier molecular flexibility index (Phi) is 4.67. The van der Waals surface area contributed by atoms with Crippen LogP contribution >= 0.6 is 11.6 Å². The van der Waals surface area contributed by atoms with E-state index in [1.54, 1.807) is 54.6 Å². The summed E-state index contributed by atoms with van der Waals surface area (Å²) < 4.78 is 13.6. The number of halogens is 2. The van der Waals surface area contributed by atoms with Gasteiger partial charge < -0.3 is 10.6 Å². The lowest BCUT2D eigenvalue weighted by Crippen LogP contribution is -2.14. The van der Waals surface area contributed by atoms with Gasteiger partial charge in [-0.25, -0.2) is 4.39 Å². The molecule has 0 saturated carbocycles. The Labute approximate surface area is 142 Å². The molecule has 1 amide bonds. The summed E-state index contributed by atoms with van der Waals surface area (Å²) in [5.74, 6) is -0.157. The maximum Gasteiger partial charge on any atom is 0.258 e. The fourth-order valence-corrected chi connectivity index (χ4v) is 2.22. The third kappa shape index (κ3) is 3.67. The molecule has 1 aromatic heterocycles. The van der Waals surface area contributed by atoms with E-state index in [9.17, 15) is 9.18 Å². The van der Waals surface area contributed by atoms with Crippen LogP contribution in [0.15, 0.2) is 60.7 Å². The van der Waals surface area contributed by atoms with Crippen LogP contribution in [0.5, 0.6) is 0 Å². The average Bonchev–Trinajstić information content (AvgIpc) is 2.59. The summed E-state index contributed by atoms with van der Waals surface area (Å²) in [6.07, 6.45) is 0. The number of nitrogens with zero attached hydrogens (tertiary/aromatic N) is 2. The molecule has 2 N–H and O–H groups in total. The number of para-hydroxylation sites is 1. The van der Waals surface area contributed by atoms with Gasteiger partial charge in [0.25, 0.3) is 5.91 Å². The molecule has 3 rings (SSSR count). The molecule has 7 heteroatoms. The lowest BCUT2D eigenvalue weighted by Gasteiger charge is -2.08. The van der Waals surface area contributed by atoms with Crippen molar-refractivity contribution < 1.29 is 9.18 Å². The van der Waals surface area contributed by atoms with Crippen LogP contribution in [0.25, 0.3) is 0 Å². The van der Waals surface area contributed by atoms with Crippen LogP contribution in [-0.2, 0) is 0 Å². The van der Waals surface area contributed by atoms with Crippen LogP contribution in [0.1, 0.15) is 10.4 Å². The monoisotopic (exact) mass is 342 g/mol. The second kappa shape index (κ2) is 7.06. The molecule has 2 aromatic carbocycles. The van der Waals surface area contributed by atoms with E-state index in [1.807, 2.05) is 0 Å². The van der Waals surface area contributed by atoms with Crippen molar-refractivity contribution >= 4 is 34.8 Å². The van der Waals surface area contributed by atoms with E-state index in [0.717, 1.165) is 0 Å². The van der Waals surface area contributed by atoms with Crippen molar-refractivity contribution in [1.29, 1.82) is 0 Å². The van der Waals surface area contributed by atoms with Crippen LogP contribution in [0.4, 0.5) is 21.7 Å². The van der Waals surface area contributed by atoms with Crippen LogP contribution in [0.2, 0.25) is 5.02 Å². The summed E-state index contributed by atoms with van der Waals surface area (Å²) >= 11 is 5.97. The van der Waals surface area contributed by atoms with Crippen molar-refractivity contribution in [2.45, 2.75) is 0 Å². The van der Waals surface area contributed by atoms with Gasteiger partial charge >= 0.3 is 0 Å². The number of anilines is 3. The van der Waals surface area contributed by atoms with E-state index in [2.05, 4.69) is 20.8 Å². The zero-order valence-corrected chi connectivity index (χ0v) is 13.1. The molecule has 24 heavy (non-hydrogen) atoms. The average molecular weight is 343 g/mol. The predicted molar refractivity (Wildman–Crippen MR) is 91.1 cm³/mol. The highest BCUT2D eigenvalue weighted by Gasteiger charge is 2.11. The van der Waals surface area contributed by atoms with Gasteiger partial charge in [0.1, 0.15) is 5.82 Å². The Hall–Kier alpha value is -2.99. The first-order valence-corrected chi connectivity index (χ1v) is 7.42. The summed E-state index contributed by atoms with van der Waals surface area (Å²) in [4.78, 5) is 12.1. The van der Waals surface area contributed by atoms with E-state index >= 15 is 0 Å². The van der Waals surface area contributed by atoms with Gasteiger partial charge in [-0.3, -0.25) is 4.79 Å². The Morgan fingerprint density at radius 2 is 1.58 bits per heavy atom. The maximum absolute atomic E-state index is 13.6. The summed E-state index contributed by atoms with van der Waals surface area (Å²) in [6.45, 7) is 0. The van der Waals surface area contributed by atoms with Crippen LogP contribution in [0, 0.1) is 5.82 Å². The Morgan fingerprint density at radius 1 is 0.917 bits per heavy atom. The molecule has 0 aliphatic rings. The highest BCUT2D eigenvalue weighted by molar-refractivity contribution is 6.34. The zero-order chi connectivity index (χ0) is 16.9. The molecule has 3 aromatic rings. The van der Waals surface area contributed by atoms with Crippen molar-refractivity contribution in [3.05, 3.63) is 77.1 Å². The first-order valence-electron chi connectivity index (χ1n) is 7.04. The van der Waals surface area contributed by atoms with Gasteiger partial charge in [-0.05, 0) is 36.4 Å². The van der Waals surface area contributed by atoms with E-state index in [-0.39, 0.29) is 11.7 Å². The fourth-order valence-electron chi connectivity index (χ4n) is 2.00. The number of carbonyl (C=O) groups is 1. The Morgan fingerprint density at radius 3 is 2.29 bits per heavy atom. The van der Waals surface area contributed by atoms with Gasteiger partial charge in [0.05, 0.1) is 16.3 Å². The largest absolute Gasteiger partial charge is 0.336 e. The summed E-state index contributed by atoms with van der Waals surface area (Å²) in [5.41, 5.74) is 0.633. The molecule has 1 heterocycles. The molecular formula is C17H12ClFN4O. The van der Waals surface area contributed by atoms with Crippen LogP contribution < -0.4 is 10.6 Å². The molecule has 120 valence electrons. The lowest BCUT2D eigenvalue weighted by atomic mass is 10.2. The second-order valence-corrected chi connectivity index (χ2v) is 5.25. The number of aromatic nitrogens is 2. The summed E-state index contributed by atoms with van der Waals surface area (Å²) in [7, 11) is 0. The van der Waals surface area contributed by atoms with E-state index < -0.39 is 5.82 Å². The van der Waals surface area contributed by atoms with Gasteiger partial charge in [-0.2, -0.15) is 0 Å². The normalized spacial score (nSPS) is 10.2. The Bertz CT molecular complexity index is 870. The zero-order valence-electron chi connectivity index (χ0n) is 12.3. The van der Waals surface area contributed by atoms with Crippen LogP contribution in [0.3, 0.4) is 0 Å². The molecule has 5 nitrogen and oxygen atoms in total. The number of nitrogens with one attached hydrogen (secondary N) is 2. The first-order chi connectivity index (χ1) is 11.6. The van der Waals surface area contributed by atoms with Crippen molar-refractivity contribution in [3.63, 3.8) is 0 Å². The minimum Gasteiger partial charge on any atom is -0.336 e. The van der Waals surface area contributed by atoms with Gasteiger partial charge in [0.2, 0.25) is 0 Å². The van der Waals surface area contributed by atoms with Crippen molar-refractivity contribution in [2.75, 3.05) is 10.6 Å². The van der Waals surface area contributed by atoms with Crippen LogP contribution in [-0.4, -0.2) is 16.1 Å². The molecule has 0 saturated heterocycles. The molecule has 0 bridgehead atoms. The predicted octanol–water partition coefficient (Wildman–Crippen LogP) is 4.27. The molecule has 0 aliphatic heterocycles. The molecule has 0 spiro atoms. The lowest BCUT2D eigenvalue weighted by molar-refractivity contribution is 0.102. The minimum absolute atomic E-state index is 0.263. The minimum atomic E-state index is -0.393. The SMILES string of the molecule is O=C(Nc1ccc(Nc2ccccc2F)nn1)c1ccccc1Cl. The van der Waals surface area contributed by atoms with Crippen molar-refractivity contribution in [3.8, 4) is 0 Å². The molecular weight excluding hydrogens is 331 g/mol. The number of carbonyl (C=O) groups excluding carboxylic acids is 1. The highest BCUT2D eigenvalue weighted by atomic mass is 35.5. The third-order valence-electron chi connectivity index (χ3n) is 3.16. The number of rotatable bonds is 4. The number of hydrogen-bond acceptors (Lipinski definition) is 4. The quantitative estimate of drug-likeness (QED) is 0.743. The summed E-state index contributed by atoms with van der Waals surface area (Å²) in [5, 5.41) is 13.6. The number of amides is 1.